The van der Waals surface area contributed by atoms with E-state index in [1.807, 2.05) is 0 Å². The number of H-pyrrole nitrogens is 1. The van der Waals surface area contributed by atoms with Gasteiger partial charge in [-0.1, -0.05) is 0 Å². The molecule has 3 heterocycles. The van der Waals surface area contributed by atoms with Gasteiger partial charge in [-0.3, -0.25) is 4.79 Å². The predicted molar refractivity (Wildman–Crippen MR) is 97.5 cm³/mol. The summed E-state index contributed by atoms with van der Waals surface area (Å²) in [5, 5.41) is 0. The summed E-state index contributed by atoms with van der Waals surface area (Å²) in [7, 11) is 0. The lowest BCUT2D eigenvalue weighted by Gasteiger charge is -2.34. The monoisotopic (exact) mass is 429 g/mol. The number of alkyl halides is 3. The third-order valence-corrected chi connectivity index (χ3v) is 4.52. The number of nitrogens with zero attached hydrogens (tertiary/aromatic N) is 4. The second-order valence-electron chi connectivity index (χ2n) is 6.82. The Kier molecular flexibility index (Phi) is 6.22. The van der Waals surface area contributed by atoms with Crippen LogP contribution in [0.25, 0.3) is 0 Å². The fourth-order valence-electron chi connectivity index (χ4n) is 3.04. The molecular weight excluding hydrogens is 410 g/mol. The van der Waals surface area contributed by atoms with E-state index < -0.39 is 35.3 Å². The van der Waals surface area contributed by atoms with E-state index in [0.717, 1.165) is 18.5 Å². The Morgan fingerprint density at radius 1 is 1.23 bits per heavy atom. The predicted octanol–water partition coefficient (Wildman–Crippen LogP) is 2.21. The van der Waals surface area contributed by atoms with Gasteiger partial charge in [0, 0.05) is 38.8 Å². The Morgan fingerprint density at radius 3 is 2.47 bits per heavy atom. The fraction of sp³-hybridized carbons (Fsp3) is 0.444. The van der Waals surface area contributed by atoms with Crippen LogP contribution >= 0.6 is 0 Å². The van der Waals surface area contributed by atoms with Crippen molar-refractivity contribution < 1.29 is 27.1 Å². The Labute approximate surface area is 168 Å². The van der Waals surface area contributed by atoms with Gasteiger partial charge in [0.05, 0.1) is 12.4 Å². The number of halogens is 4. The lowest BCUT2D eigenvalue weighted by atomic mass is 10.1. The third-order valence-electron chi connectivity index (χ3n) is 4.52. The maximum absolute atomic E-state index is 12.9. The van der Waals surface area contributed by atoms with Gasteiger partial charge in [0.1, 0.15) is 11.7 Å². The van der Waals surface area contributed by atoms with Crippen molar-refractivity contribution in [1.29, 1.82) is 0 Å². The molecule has 1 saturated heterocycles. The van der Waals surface area contributed by atoms with Crippen molar-refractivity contribution >= 4 is 12.0 Å². The number of carbonyl (C=O) groups is 1. The average Bonchev–Trinajstić information content (AvgIpc) is 2.69. The van der Waals surface area contributed by atoms with Gasteiger partial charge in [0.25, 0.3) is 5.56 Å². The second-order valence-corrected chi connectivity index (χ2v) is 6.82. The zero-order valence-corrected chi connectivity index (χ0v) is 15.9. The molecule has 0 saturated carbocycles. The lowest BCUT2D eigenvalue weighted by molar-refractivity contribution is -0.138. The van der Waals surface area contributed by atoms with Gasteiger partial charge < -0.3 is 19.5 Å². The molecule has 2 aromatic rings. The minimum atomic E-state index is -4.77. The largest absolute Gasteiger partial charge is 0.446 e. The van der Waals surface area contributed by atoms with E-state index in [1.165, 1.54) is 11.1 Å². The number of rotatable bonds is 4. The van der Waals surface area contributed by atoms with Crippen LogP contribution in [0.2, 0.25) is 0 Å². The minimum absolute atomic E-state index is 0.00891. The van der Waals surface area contributed by atoms with Crippen LogP contribution in [0.3, 0.4) is 0 Å². The van der Waals surface area contributed by atoms with Gasteiger partial charge in [-0.15, -0.1) is 0 Å². The van der Waals surface area contributed by atoms with Gasteiger partial charge in [0.15, 0.2) is 5.82 Å². The highest BCUT2D eigenvalue weighted by Crippen LogP contribution is 2.27. The van der Waals surface area contributed by atoms with Crippen molar-refractivity contribution in [2.45, 2.75) is 25.6 Å². The molecule has 1 aliphatic heterocycles. The number of aromatic amines is 1. The molecule has 1 atom stereocenters. The molecule has 3 rings (SSSR count). The van der Waals surface area contributed by atoms with E-state index in [1.54, 1.807) is 11.8 Å². The number of amides is 1. The number of anilines is 1. The number of hydrogen-bond acceptors (Lipinski definition) is 6. The van der Waals surface area contributed by atoms with E-state index >= 15 is 0 Å². The quantitative estimate of drug-likeness (QED) is 0.750. The van der Waals surface area contributed by atoms with E-state index in [2.05, 4.69) is 15.0 Å². The zero-order chi connectivity index (χ0) is 21.9. The minimum Gasteiger partial charge on any atom is -0.446 e. The van der Waals surface area contributed by atoms with Crippen LogP contribution in [0.4, 0.5) is 28.3 Å². The fourth-order valence-corrected chi connectivity index (χ4v) is 3.04. The van der Waals surface area contributed by atoms with E-state index in [4.69, 9.17) is 4.74 Å². The molecule has 30 heavy (non-hydrogen) atoms. The summed E-state index contributed by atoms with van der Waals surface area (Å²) in [4.78, 5) is 36.8. The van der Waals surface area contributed by atoms with Crippen molar-refractivity contribution in [1.82, 2.24) is 19.9 Å². The number of nitrogens with one attached hydrogen (secondary N) is 1. The highest BCUT2D eigenvalue weighted by molar-refractivity contribution is 5.68. The Hall–Kier alpha value is -3.18. The molecule has 12 heteroatoms. The molecule has 0 unspecified atom stereocenters. The molecule has 0 radical (unpaired) electrons. The summed E-state index contributed by atoms with van der Waals surface area (Å²) in [6.45, 7) is 3.04. The van der Waals surface area contributed by atoms with Crippen LogP contribution in [0, 0.1) is 5.82 Å². The summed E-state index contributed by atoms with van der Waals surface area (Å²) < 4.78 is 56.8. The summed E-state index contributed by atoms with van der Waals surface area (Å²) in [6.07, 6.45) is -2.77. The highest BCUT2D eigenvalue weighted by atomic mass is 19.4. The van der Waals surface area contributed by atoms with Crippen LogP contribution in [0.5, 0.6) is 0 Å². The summed E-state index contributed by atoms with van der Waals surface area (Å²) in [6, 6.07) is 0.755. The standard InChI is InChI=1S/C18H19F4N5O3/c1-11(6-12-7-14(18(20,21)22)15(28)23-8-12)30-17(29)27-4-2-26(3-5-27)16-24-9-13(19)10-25-16/h7-11H,2-6H2,1H3,(H,23,28)/t11-/m0/s1. The van der Waals surface area contributed by atoms with Gasteiger partial charge in [0.2, 0.25) is 5.95 Å². The molecular formula is C18H19F4N5O3. The molecule has 0 aliphatic carbocycles. The first-order valence-corrected chi connectivity index (χ1v) is 9.10. The topological polar surface area (TPSA) is 91.4 Å². The molecule has 1 aliphatic rings. The third kappa shape index (κ3) is 5.24. The number of piperazine rings is 1. The molecule has 2 aromatic heterocycles. The Bertz CT molecular complexity index is 940. The molecule has 0 aromatic carbocycles. The maximum atomic E-state index is 12.9. The molecule has 0 bridgehead atoms. The first kappa shape index (κ1) is 21.5. The summed E-state index contributed by atoms with van der Waals surface area (Å²) in [5.74, 6) is -0.184. The van der Waals surface area contributed by atoms with Crippen molar-refractivity contribution in [2.24, 2.45) is 0 Å². The molecule has 1 amide bonds. The normalized spacial score (nSPS) is 15.8. The first-order chi connectivity index (χ1) is 14.1. The number of pyridine rings is 1. The van der Waals surface area contributed by atoms with Gasteiger partial charge >= 0.3 is 12.3 Å². The van der Waals surface area contributed by atoms with Crippen molar-refractivity contribution in [3.63, 3.8) is 0 Å². The van der Waals surface area contributed by atoms with Crippen LogP contribution in [0.1, 0.15) is 18.1 Å². The molecule has 1 fully saturated rings. The maximum Gasteiger partial charge on any atom is 0.421 e. The van der Waals surface area contributed by atoms with Crippen LogP contribution in [-0.4, -0.2) is 58.2 Å². The number of aromatic nitrogens is 3. The van der Waals surface area contributed by atoms with E-state index in [-0.39, 0.29) is 12.0 Å². The highest BCUT2D eigenvalue weighted by Gasteiger charge is 2.34. The Morgan fingerprint density at radius 2 is 1.87 bits per heavy atom. The molecule has 1 N–H and O–H groups in total. The SMILES string of the molecule is C[C@@H](Cc1c[nH]c(=O)c(C(F)(F)F)c1)OC(=O)N1CCN(c2ncc(F)cn2)CC1. The van der Waals surface area contributed by atoms with Crippen LogP contribution in [0.15, 0.2) is 29.5 Å². The average molecular weight is 429 g/mol. The summed E-state index contributed by atoms with van der Waals surface area (Å²) in [5.41, 5.74) is -2.32. The van der Waals surface area contributed by atoms with Crippen LogP contribution in [-0.2, 0) is 17.3 Å². The number of ether oxygens (including phenoxy) is 1. The van der Waals surface area contributed by atoms with Gasteiger partial charge in [-0.25, -0.2) is 19.2 Å². The van der Waals surface area contributed by atoms with Crippen LogP contribution < -0.4 is 10.5 Å². The zero-order valence-electron chi connectivity index (χ0n) is 15.9. The smallest absolute Gasteiger partial charge is 0.421 e. The lowest BCUT2D eigenvalue weighted by Crippen LogP contribution is -2.50. The van der Waals surface area contributed by atoms with Gasteiger partial charge in [-0.05, 0) is 18.6 Å². The number of hydrogen-bond donors (Lipinski definition) is 1. The number of carbonyl (C=O) groups excluding carboxylic acids is 1. The molecule has 0 spiro atoms. The molecule has 8 nitrogen and oxygen atoms in total. The van der Waals surface area contributed by atoms with Gasteiger partial charge in [-0.2, -0.15) is 13.2 Å². The second kappa shape index (κ2) is 8.67. The summed E-state index contributed by atoms with van der Waals surface area (Å²) >= 11 is 0. The van der Waals surface area contributed by atoms with Crippen molar-refractivity contribution in [2.75, 3.05) is 31.1 Å². The van der Waals surface area contributed by atoms with Crippen molar-refractivity contribution in [3.05, 3.63) is 52.0 Å². The first-order valence-electron chi connectivity index (χ1n) is 9.10. The van der Waals surface area contributed by atoms with E-state index in [9.17, 15) is 27.2 Å². The van der Waals surface area contributed by atoms with Crippen molar-refractivity contribution in [3.8, 4) is 0 Å². The molecule has 162 valence electrons. The Balaban J connectivity index is 1.53. The van der Waals surface area contributed by atoms with E-state index in [0.29, 0.717) is 32.1 Å².